The molecule has 26 heavy (non-hydrogen) atoms. The number of rotatable bonds is 3. The van der Waals surface area contributed by atoms with E-state index in [9.17, 15) is 0 Å². The molecule has 0 N–H and O–H groups in total. The summed E-state index contributed by atoms with van der Waals surface area (Å²) in [6.45, 7) is 17.4. The first-order chi connectivity index (χ1) is 12.8. The Hall–Kier alpha value is -2.28. The molecule has 1 aromatic carbocycles. The molecule has 0 saturated carbocycles. The van der Waals surface area contributed by atoms with Crippen LogP contribution in [0.25, 0.3) is 0 Å². The monoisotopic (exact) mass is 355 g/mol. The average Bonchev–Trinajstić information content (AvgIpc) is 3.03. The molecule has 0 fully saturated rings. The minimum atomic E-state index is 1.02. The predicted molar refractivity (Wildman–Crippen MR) is 125 cm³/mol. The first kappa shape index (κ1) is 28.5. The Morgan fingerprint density at radius 3 is 1.96 bits per heavy atom. The van der Waals surface area contributed by atoms with E-state index >= 15 is 0 Å². The van der Waals surface area contributed by atoms with Crippen LogP contribution in [0, 0.1) is 0 Å². The maximum Gasteiger partial charge on any atom is 0.0408 e. The van der Waals surface area contributed by atoms with Crippen LogP contribution in [0.4, 0.5) is 5.69 Å². The van der Waals surface area contributed by atoms with Crippen molar-refractivity contribution < 1.29 is 0 Å². The molecule has 1 heteroatoms. The maximum absolute atomic E-state index is 3.46. The van der Waals surface area contributed by atoms with Gasteiger partial charge in [-0.15, -0.1) is 0 Å². The fourth-order valence-corrected chi connectivity index (χ4v) is 1.73. The van der Waals surface area contributed by atoms with Crippen molar-refractivity contribution in [3.63, 3.8) is 0 Å². The van der Waals surface area contributed by atoms with Crippen molar-refractivity contribution in [1.29, 1.82) is 0 Å². The Kier molecular flexibility index (Phi) is 27.4. The van der Waals surface area contributed by atoms with Gasteiger partial charge >= 0.3 is 0 Å². The van der Waals surface area contributed by atoms with Crippen LogP contribution in [0.5, 0.6) is 0 Å². The molecular weight excluding hydrogens is 314 g/mol. The zero-order valence-corrected chi connectivity index (χ0v) is 18.4. The van der Waals surface area contributed by atoms with E-state index in [1.54, 1.807) is 6.08 Å². The van der Waals surface area contributed by atoms with Crippen LogP contribution < -0.4 is 4.90 Å². The van der Waals surface area contributed by atoms with E-state index in [1.807, 2.05) is 66.7 Å². The Morgan fingerprint density at radius 2 is 1.50 bits per heavy atom. The number of allylic oxidation sites excluding steroid dienone is 8. The number of anilines is 1. The number of para-hydroxylation sites is 1. The highest BCUT2D eigenvalue weighted by Gasteiger charge is 2.03. The van der Waals surface area contributed by atoms with Crippen LogP contribution in [-0.2, 0) is 0 Å². The molecule has 0 spiro atoms. The van der Waals surface area contributed by atoms with Crippen LogP contribution >= 0.6 is 0 Å². The normalized spacial score (nSPS) is 10.8. The summed E-state index contributed by atoms with van der Waals surface area (Å²) in [4.78, 5) is 2.19. The molecule has 2 rings (SSSR count). The Bertz CT molecular complexity index is 504. The lowest BCUT2D eigenvalue weighted by molar-refractivity contribution is 1.14. The molecule has 1 aliphatic rings. The SMILES string of the molecule is C=C/C=C/C.CC.CC.CC.CN(C1=CC=CCC=C1)c1ccccc1. The summed E-state index contributed by atoms with van der Waals surface area (Å²) in [5.41, 5.74) is 2.43. The van der Waals surface area contributed by atoms with E-state index in [0.29, 0.717) is 0 Å². The highest BCUT2D eigenvalue weighted by atomic mass is 15.1. The van der Waals surface area contributed by atoms with Gasteiger partial charge < -0.3 is 4.90 Å². The van der Waals surface area contributed by atoms with Gasteiger partial charge in [0.25, 0.3) is 0 Å². The second-order valence-electron chi connectivity index (χ2n) is 4.31. The van der Waals surface area contributed by atoms with Gasteiger partial charge in [-0.05, 0) is 37.6 Å². The van der Waals surface area contributed by atoms with Gasteiger partial charge in [-0.3, -0.25) is 0 Å². The van der Waals surface area contributed by atoms with E-state index in [-0.39, 0.29) is 0 Å². The molecule has 0 unspecified atom stereocenters. The van der Waals surface area contributed by atoms with Crippen LogP contribution in [0.3, 0.4) is 0 Å². The summed E-state index contributed by atoms with van der Waals surface area (Å²) >= 11 is 0. The number of nitrogens with zero attached hydrogens (tertiary/aromatic N) is 1. The quantitative estimate of drug-likeness (QED) is 0.492. The van der Waals surface area contributed by atoms with Crippen LogP contribution in [-0.4, -0.2) is 7.05 Å². The summed E-state index contributed by atoms with van der Waals surface area (Å²) in [5, 5.41) is 0. The molecule has 0 heterocycles. The second kappa shape index (κ2) is 25.0. The molecule has 0 atom stereocenters. The highest BCUT2D eigenvalue weighted by molar-refractivity contribution is 5.54. The third-order valence-corrected chi connectivity index (χ3v) is 2.82. The first-order valence-corrected chi connectivity index (χ1v) is 9.85. The standard InChI is InChI=1S/C14H15N.C5H8.3C2H6/c1-15(14-11-7-4-8-12-14)13-9-5-2-3-6-10-13;1-3-5-4-2;3*1-2/h2,4-12H,3H2,1H3;3-5H,1H2,2H3;3*1-2H3/b;5-4+;;;. The van der Waals surface area contributed by atoms with Gasteiger partial charge in [0.2, 0.25) is 0 Å². The Labute approximate surface area is 164 Å². The Balaban J connectivity index is -0.000000407. The summed E-state index contributed by atoms with van der Waals surface area (Å²) in [7, 11) is 2.09. The Morgan fingerprint density at radius 1 is 0.923 bits per heavy atom. The number of hydrogen-bond acceptors (Lipinski definition) is 1. The molecule has 1 aromatic rings. The fraction of sp³-hybridized carbons (Fsp3) is 0.360. The van der Waals surface area contributed by atoms with Crippen molar-refractivity contribution in [3.8, 4) is 0 Å². The maximum atomic E-state index is 3.46. The molecule has 0 aliphatic heterocycles. The molecule has 1 aliphatic carbocycles. The summed E-state index contributed by atoms with van der Waals surface area (Å²) < 4.78 is 0. The third-order valence-electron chi connectivity index (χ3n) is 2.82. The van der Waals surface area contributed by atoms with Gasteiger partial charge in [0, 0.05) is 18.4 Å². The van der Waals surface area contributed by atoms with Gasteiger partial charge in [-0.2, -0.15) is 0 Å². The van der Waals surface area contributed by atoms with Crippen LogP contribution in [0.1, 0.15) is 54.9 Å². The lowest BCUT2D eigenvalue weighted by atomic mass is 10.2. The fourth-order valence-electron chi connectivity index (χ4n) is 1.73. The van der Waals surface area contributed by atoms with Crippen LogP contribution in [0.2, 0.25) is 0 Å². The van der Waals surface area contributed by atoms with E-state index in [4.69, 9.17) is 0 Å². The molecule has 1 nitrogen and oxygen atoms in total. The molecule has 0 bridgehead atoms. The predicted octanol–water partition coefficient (Wildman–Crippen LogP) is 8.35. The van der Waals surface area contributed by atoms with Crippen molar-refractivity contribution in [2.75, 3.05) is 11.9 Å². The van der Waals surface area contributed by atoms with Gasteiger partial charge in [-0.25, -0.2) is 0 Å². The zero-order chi connectivity index (χ0) is 20.6. The summed E-state index contributed by atoms with van der Waals surface area (Å²) in [6, 6.07) is 10.4. The molecular formula is C25H41N. The minimum Gasteiger partial charge on any atom is -0.345 e. The third kappa shape index (κ3) is 15.3. The van der Waals surface area contributed by atoms with Crippen LogP contribution in [0.15, 0.2) is 91.2 Å². The number of likely N-dealkylation sites (N-methyl/N-ethyl adjacent to an activating group) is 1. The summed E-state index contributed by atoms with van der Waals surface area (Å²) in [6.07, 6.45) is 17.3. The van der Waals surface area contributed by atoms with E-state index < -0.39 is 0 Å². The number of benzene rings is 1. The van der Waals surface area contributed by atoms with E-state index in [2.05, 4.69) is 73.2 Å². The zero-order valence-electron chi connectivity index (χ0n) is 18.4. The molecule has 0 radical (unpaired) electrons. The highest BCUT2D eigenvalue weighted by Crippen LogP contribution is 2.18. The lowest BCUT2D eigenvalue weighted by Crippen LogP contribution is -2.14. The lowest BCUT2D eigenvalue weighted by Gasteiger charge is -2.20. The molecule has 0 amide bonds. The van der Waals surface area contributed by atoms with Crippen molar-refractivity contribution in [2.24, 2.45) is 0 Å². The second-order valence-corrected chi connectivity index (χ2v) is 4.31. The van der Waals surface area contributed by atoms with E-state index in [0.717, 1.165) is 6.42 Å². The first-order valence-electron chi connectivity index (χ1n) is 9.85. The van der Waals surface area contributed by atoms with Gasteiger partial charge in [0.1, 0.15) is 0 Å². The van der Waals surface area contributed by atoms with Gasteiger partial charge in [0.15, 0.2) is 0 Å². The number of hydrogen-bond donors (Lipinski definition) is 0. The average molecular weight is 356 g/mol. The van der Waals surface area contributed by atoms with Crippen molar-refractivity contribution in [3.05, 3.63) is 91.2 Å². The minimum absolute atomic E-state index is 1.02. The largest absolute Gasteiger partial charge is 0.345 e. The molecule has 0 aromatic heterocycles. The molecule has 0 saturated heterocycles. The topological polar surface area (TPSA) is 3.24 Å². The van der Waals surface area contributed by atoms with Crippen molar-refractivity contribution >= 4 is 5.69 Å². The van der Waals surface area contributed by atoms with Gasteiger partial charge in [0.05, 0.1) is 0 Å². The van der Waals surface area contributed by atoms with Gasteiger partial charge in [-0.1, -0.05) is 103 Å². The van der Waals surface area contributed by atoms with Crippen molar-refractivity contribution in [2.45, 2.75) is 54.9 Å². The summed E-state index contributed by atoms with van der Waals surface area (Å²) in [5.74, 6) is 0. The molecule has 146 valence electrons. The smallest absolute Gasteiger partial charge is 0.0408 e. The van der Waals surface area contributed by atoms with Crippen molar-refractivity contribution in [1.82, 2.24) is 0 Å². The van der Waals surface area contributed by atoms with E-state index in [1.165, 1.54) is 11.4 Å².